The molecule has 5 N–H and O–H groups in total. The number of aromatic amines is 1. The average Bonchev–Trinajstić information content (AvgIpc) is 2.13. The van der Waals surface area contributed by atoms with E-state index in [4.69, 9.17) is 10.8 Å². The molecule has 1 aromatic heterocycles. The van der Waals surface area contributed by atoms with E-state index in [9.17, 15) is 9.59 Å². The molecule has 0 spiro atoms. The first-order valence-electron chi connectivity index (χ1n) is 5.04. The van der Waals surface area contributed by atoms with Gasteiger partial charge in [0, 0.05) is 24.2 Å². The van der Waals surface area contributed by atoms with Crippen LogP contribution in [0.2, 0.25) is 0 Å². The Labute approximate surface area is 91.5 Å². The highest BCUT2D eigenvalue weighted by atomic mass is 16.3. The quantitative estimate of drug-likeness (QED) is 0.531. The van der Waals surface area contributed by atoms with E-state index in [0.717, 1.165) is 18.9 Å². The lowest BCUT2D eigenvalue weighted by atomic mass is 9.87. The lowest BCUT2D eigenvalue weighted by Crippen LogP contribution is -2.50. The van der Waals surface area contributed by atoms with Gasteiger partial charge in [-0.3, -0.25) is 14.6 Å². The number of nitrogens with one attached hydrogen (secondary N) is 2. The number of carbonyl (C=O) groups excluding carboxylic acids is 1. The van der Waals surface area contributed by atoms with Crippen molar-refractivity contribution in [3.8, 4) is 5.88 Å². The standard InChI is InChI=1S/C10H13N3O3/c11-6-3-7(4-6)12-10(16)5-1-8(14)13-9(15)2-5/h1-2,6-7H,3-4,11H2,(H,12,16)(H2,13,14,15). The molecule has 6 heteroatoms. The highest BCUT2D eigenvalue weighted by Gasteiger charge is 2.27. The molecule has 86 valence electrons. The van der Waals surface area contributed by atoms with Crippen molar-refractivity contribution in [3.63, 3.8) is 0 Å². The Morgan fingerprint density at radius 3 is 2.75 bits per heavy atom. The minimum absolute atomic E-state index is 0.0731. The highest BCUT2D eigenvalue weighted by molar-refractivity contribution is 5.94. The zero-order valence-corrected chi connectivity index (χ0v) is 8.56. The lowest BCUT2D eigenvalue weighted by Gasteiger charge is -2.32. The maximum Gasteiger partial charge on any atom is 0.251 e. The van der Waals surface area contributed by atoms with E-state index in [2.05, 4.69) is 10.3 Å². The molecule has 1 fully saturated rings. The molecule has 1 saturated carbocycles. The van der Waals surface area contributed by atoms with Crippen LogP contribution in [0.4, 0.5) is 0 Å². The van der Waals surface area contributed by atoms with Gasteiger partial charge in [-0.25, -0.2) is 0 Å². The predicted molar refractivity (Wildman–Crippen MR) is 57.2 cm³/mol. The number of aromatic nitrogens is 1. The largest absolute Gasteiger partial charge is 0.494 e. The van der Waals surface area contributed by atoms with Crippen LogP contribution in [0.15, 0.2) is 16.9 Å². The van der Waals surface area contributed by atoms with Gasteiger partial charge in [0.15, 0.2) is 5.88 Å². The molecular weight excluding hydrogens is 210 g/mol. The van der Waals surface area contributed by atoms with Crippen LogP contribution in [-0.4, -0.2) is 28.1 Å². The summed E-state index contributed by atoms with van der Waals surface area (Å²) in [6.07, 6.45) is 1.50. The first kappa shape index (κ1) is 10.7. The zero-order chi connectivity index (χ0) is 11.7. The summed E-state index contributed by atoms with van der Waals surface area (Å²) in [5.74, 6) is -0.679. The van der Waals surface area contributed by atoms with Crippen molar-refractivity contribution in [2.45, 2.75) is 24.9 Å². The first-order chi connectivity index (χ1) is 7.54. The highest BCUT2D eigenvalue weighted by Crippen LogP contribution is 2.18. The third-order valence-electron chi connectivity index (χ3n) is 2.60. The normalized spacial score (nSPS) is 23.6. The summed E-state index contributed by atoms with van der Waals surface area (Å²) in [5, 5.41) is 11.9. The molecule has 1 aliphatic rings. The van der Waals surface area contributed by atoms with Crippen LogP contribution in [0.3, 0.4) is 0 Å². The molecule has 1 amide bonds. The van der Waals surface area contributed by atoms with Gasteiger partial charge in [0.1, 0.15) is 0 Å². The molecule has 1 heterocycles. The van der Waals surface area contributed by atoms with Crippen molar-refractivity contribution in [2.75, 3.05) is 0 Å². The summed E-state index contributed by atoms with van der Waals surface area (Å²) in [6, 6.07) is 2.59. The number of aromatic hydroxyl groups is 1. The number of H-pyrrole nitrogens is 1. The third-order valence-corrected chi connectivity index (χ3v) is 2.60. The molecule has 1 aliphatic carbocycles. The summed E-state index contributed by atoms with van der Waals surface area (Å²) in [6.45, 7) is 0. The van der Waals surface area contributed by atoms with Gasteiger partial charge in [0.05, 0.1) is 5.56 Å². The molecule has 0 aliphatic heterocycles. The van der Waals surface area contributed by atoms with E-state index in [1.54, 1.807) is 0 Å². The first-order valence-corrected chi connectivity index (χ1v) is 5.04. The van der Waals surface area contributed by atoms with Crippen LogP contribution in [0.5, 0.6) is 5.88 Å². The Kier molecular flexibility index (Phi) is 2.66. The van der Waals surface area contributed by atoms with Crippen LogP contribution in [0, 0.1) is 0 Å². The average molecular weight is 223 g/mol. The molecule has 0 unspecified atom stereocenters. The van der Waals surface area contributed by atoms with Crippen molar-refractivity contribution in [2.24, 2.45) is 5.73 Å². The van der Waals surface area contributed by atoms with Crippen molar-refractivity contribution in [3.05, 3.63) is 28.0 Å². The van der Waals surface area contributed by atoms with Crippen molar-refractivity contribution in [1.29, 1.82) is 0 Å². The Morgan fingerprint density at radius 2 is 2.19 bits per heavy atom. The lowest BCUT2D eigenvalue weighted by molar-refractivity contribution is 0.0909. The number of carbonyl (C=O) groups is 1. The maximum absolute atomic E-state index is 11.6. The van der Waals surface area contributed by atoms with Crippen molar-refractivity contribution in [1.82, 2.24) is 10.3 Å². The van der Waals surface area contributed by atoms with Crippen molar-refractivity contribution >= 4 is 5.91 Å². The fourth-order valence-electron chi connectivity index (χ4n) is 1.71. The molecule has 0 saturated heterocycles. The van der Waals surface area contributed by atoms with Crippen LogP contribution in [0.1, 0.15) is 23.2 Å². The number of pyridine rings is 1. The molecule has 1 aromatic rings. The fraction of sp³-hybridized carbons (Fsp3) is 0.400. The van der Waals surface area contributed by atoms with Gasteiger partial charge in [-0.2, -0.15) is 0 Å². The summed E-state index contributed by atoms with van der Waals surface area (Å²) in [5.41, 5.74) is 5.24. The van der Waals surface area contributed by atoms with Gasteiger partial charge in [0.25, 0.3) is 11.5 Å². The van der Waals surface area contributed by atoms with E-state index in [1.165, 1.54) is 6.07 Å². The summed E-state index contributed by atoms with van der Waals surface area (Å²) >= 11 is 0. The van der Waals surface area contributed by atoms with E-state index >= 15 is 0 Å². The summed E-state index contributed by atoms with van der Waals surface area (Å²) in [7, 11) is 0. The summed E-state index contributed by atoms with van der Waals surface area (Å²) < 4.78 is 0. The van der Waals surface area contributed by atoms with Crippen LogP contribution < -0.4 is 16.6 Å². The second-order valence-electron chi connectivity index (χ2n) is 4.02. The molecule has 0 aromatic carbocycles. The van der Waals surface area contributed by atoms with Crippen LogP contribution in [0.25, 0.3) is 0 Å². The van der Waals surface area contributed by atoms with Gasteiger partial charge in [-0.05, 0) is 12.8 Å². The van der Waals surface area contributed by atoms with E-state index in [0.29, 0.717) is 0 Å². The van der Waals surface area contributed by atoms with E-state index in [1.807, 2.05) is 0 Å². The molecule has 0 radical (unpaired) electrons. The molecule has 6 nitrogen and oxygen atoms in total. The number of amides is 1. The van der Waals surface area contributed by atoms with Crippen LogP contribution in [-0.2, 0) is 0 Å². The third kappa shape index (κ3) is 2.22. The number of hydrogen-bond acceptors (Lipinski definition) is 4. The number of rotatable bonds is 2. The van der Waals surface area contributed by atoms with E-state index in [-0.39, 0.29) is 29.4 Å². The predicted octanol–water partition coefficient (Wildman–Crippen LogP) is -0.700. The minimum Gasteiger partial charge on any atom is -0.494 e. The molecule has 0 atom stereocenters. The molecule has 16 heavy (non-hydrogen) atoms. The van der Waals surface area contributed by atoms with Gasteiger partial charge in [-0.1, -0.05) is 0 Å². The summed E-state index contributed by atoms with van der Waals surface area (Å²) in [4.78, 5) is 24.8. The maximum atomic E-state index is 11.6. The Bertz CT molecular complexity index is 463. The Balaban J connectivity index is 2.06. The second kappa shape index (κ2) is 3.97. The number of nitrogens with two attached hydrogens (primary N) is 1. The zero-order valence-electron chi connectivity index (χ0n) is 8.56. The van der Waals surface area contributed by atoms with Gasteiger partial charge in [0.2, 0.25) is 0 Å². The Morgan fingerprint density at radius 1 is 1.50 bits per heavy atom. The topological polar surface area (TPSA) is 108 Å². The molecular formula is C10H13N3O3. The SMILES string of the molecule is NC1CC(NC(=O)c2cc(O)[nH]c(=O)c2)C1. The van der Waals surface area contributed by atoms with Crippen molar-refractivity contribution < 1.29 is 9.90 Å². The second-order valence-corrected chi connectivity index (χ2v) is 4.02. The van der Waals surface area contributed by atoms with Crippen LogP contribution >= 0.6 is 0 Å². The fourth-order valence-corrected chi connectivity index (χ4v) is 1.71. The minimum atomic E-state index is -0.504. The number of hydrogen-bond donors (Lipinski definition) is 4. The van der Waals surface area contributed by atoms with E-state index < -0.39 is 5.56 Å². The smallest absolute Gasteiger partial charge is 0.251 e. The van der Waals surface area contributed by atoms with Gasteiger partial charge < -0.3 is 16.2 Å². The van der Waals surface area contributed by atoms with Gasteiger partial charge in [-0.15, -0.1) is 0 Å². The molecule has 0 bridgehead atoms. The Hall–Kier alpha value is -1.82. The van der Waals surface area contributed by atoms with Gasteiger partial charge >= 0.3 is 0 Å². The molecule has 2 rings (SSSR count). The monoisotopic (exact) mass is 223 g/mol.